The van der Waals surface area contributed by atoms with Crippen LogP contribution in [0.4, 0.5) is 0 Å². The molecular formula is C18H23N3O2S. The monoisotopic (exact) mass is 345 g/mol. The first-order chi connectivity index (χ1) is 11.6. The van der Waals surface area contributed by atoms with Crippen molar-refractivity contribution in [3.63, 3.8) is 0 Å². The van der Waals surface area contributed by atoms with Crippen molar-refractivity contribution in [2.24, 2.45) is 0 Å². The van der Waals surface area contributed by atoms with E-state index in [4.69, 9.17) is 4.74 Å². The summed E-state index contributed by atoms with van der Waals surface area (Å²) >= 11 is 1.73. The van der Waals surface area contributed by atoms with Gasteiger partial charge in [0.05, 0.1) is 13.7 Å². The average molecular weight is 345 g/mol. The Labute approximate surface area is 146 Å². The second-order valence-corrected chi connectivity index (χ2v) is 7.49. The van der Waals surface area contributed by atoms with E-state index in [1.165, 1.54) is 9.75 Å². The minimum Gasteiger partial charge on any atom is -0.497 e. The standard InChI is InChI=1S/C18H23N3O2S/c1-12-7-8-15(24-12)11-21(2)18(22)17-10-16(19-20-17)13-5-4-6-14(9-13)23-3/h4-9,16-17,19-20H,10-11H2,1-3H3. The fourth-order valence-corrected chi connectivity index (χ4v) is 3.89. The number of likely N-dealkylation sites (N-methyl/N-ethyl adjacent to an activating group) is 1. The summed E-state index contributed by atoms with van der Waals surface area (Å²) in [6, 6.07) is 12.0. The number of aryl methyl sites for hydroxylation is 1. The number of rotatable bonds is 5. The van der Waals surface area contributed by atoms with Crippen molar-refractivity contribution in [1.29, 1.82) is 0 Å². The number of nitrogens with one attached hydrogen (secondary N) is 2. The lowest BCUT2D eigenvalue weighted by Crippen LogP contribution is -2.43. The zero-order chi connectivity index (χ0) is 17.1. The van der Waals surface area contributed by atoms with Crippen molar-refractivity contribution in [2.75, 3.05) is 14.2 Å². The van der Waals surface area contributed by atoms with Gasteiger partial charge in [-0.2, -0.15) is 0 Å². The molecule has 0 spiro atoms. The Morgan fingerprint density at radius 3 is 2.88 bits per heavy atom. The number of carbonyl (C=O) groups is 1. The van der Waals surface area contributed by atoms with E-state index >= 15 is 0 Å². The van der Waals surface area contributed by atoms with Crippen LogP contribution in [0.15, 0.2) is 36.4 Å². The highest BCUT2D eigenvalue weighted by Crippen LogP contribution is 2.26. The second kappa shape index (κ2) is 7.34. The fourth-order valence-electron chi connectivity index (χ4n) is 2.94. The number of carbonyl (C=O) groups excluding carboxylic acids is 1. The Bertz CT molecular complexity index is 716. The molecule has 1 amide bonds. The molecule has 1 fully saturated rings. The summed E-state index contributed by atoms with van der Waals surface area (Å²) in [6.07, 6.45) is 0.722. The highest BCUT2D eigenvalue weighted by molar-refractivity contribution is 7.11. The van der Waals surface area contributed by atoms with Crippen LogP contribution in [0, 0.1) is 6.92 Å². The van der Waals surface area contributed by atoms with E-state index in [-0.39, 0.29) is 18.0 Å². The van der Waals surface area contributed by atoms with Gasteiger partial charge >= 0.3 is 0 Å². The van der Waals surface area contributed by atoms with E-state index < -0.39 is 0 Å². The molecule has 128 valence electrons. The number of hydrogen-bond donors (Lipinski definition) is 2. The molecule has 1 aliphatic rings. The number of nitrogens with zero attached hydrogens (tertiary/aromatic N) is 1. The number of hydrazine groups is 1. The summed E-state index contributed by atoms with van der Waals surface area (Å²) in [5.74, 6) is 0.938. The first kappa shape index (κ1) is 17.0. The quantitative estimate of drug-likeness (QED) is 0.875. The topological polar surface area (TPSA) is 53.6 Å². The number of hydrogen-bond acceptors (Lipinski definition) is 5. The van der Waals surface area contributed by atoms with Crippen molar-refractivity contribution < 1.29 is 9.53 Å². The lowest BCUT2D eigenvalue weighted by Gasteiger charge is -2.20. The average Bonchev–Trinajstić information content (AvgIpc) is 3.23. The summed E-state index contributed by atoms with van der Waals surface area (Å²) in [7, 11) is 3.52. The third kappa shape index (κ3) is 3.77. The number of methoxy groups -OCH3 is 1. The first-order valence-corrected chi connectivity index (χ1v) is 8.84. The van der Waals surface area contributed by atoms with Gasteiger partial charge in [0.15, 0.2) is 0 Å². The molecule has 5 nitrogen and oxygen atoms in total. The van der Waals surface area contributed by atoms with E-state index in [0.717, 1.165) is 17.7 Å². The minimum atomic E-state index is -0.215. The molecule has 2 unspecified atom stereocenters. The molecular weight excluding hydrogens is 322 g/mol. The highest BCUT2D eigenvalue weighted by atomic mass is 32.1. The molecule has 24 heavy (non-hydrogen) atoms. The van der Waals surface area contributed by atoms with Crippen molar-refractivity contribution >= 4 is 17.2 Å². The molecule has 1 aliphatic heterocycles. The Hall–Kier alpha value is -1.89. The molecule has 6 heteroatoms. The fraction of sp³-hybridized carbons (Fsp3) is 0.389. The number of amides is 1. The van der Waals surface area contributed by atoms with E-state index in [0.29, 0.717) is 6.54 Å². The maximum Gasteiger partial charge on any atom is 0.241 e. The molecule has 2 heterocycles. The van der Waals surface area contributed by atoms with Crippen molar-refractivity contribution in [3.8, 4) is 5.75 Å². The highest BCUT2D eigenvalue weighted by Gasteiger charge is 2.32. The van der Waals surface area contributed by atoms with Gasteiger partial charge in [0, 0.05) is 22.8 Å². The molecule has 2 aromatic rings. The normalized spacial score (nSPS) is 20.1. The summed E-state index contributed by atoms with van der Waals surface area (Å²) in [5.41, 5.74) is 7.48. The predicted octanol–water partition coefficient (Wildman–Crippen LogP) is 2.63. The van der Waals surface area contributed by atoms with Crippen LogP contribution >= 0.6 is 11.3 Å². The molecule has 3 rings (SSSR count). The molecule has 0 bridgehead atoms. The third-order valence-electron chi connectivity index (χ3n) is 4.26. The van der Waals surface area contributed by atoms with Crippen molar-refractivity contribution in [2.45, 2.75) is 32.0 Å². The Balaban J connectivity index is 1.60. The Kier molecular flexibility index (Phi) is 5.18. The maximum atomic E-state index is 12.7. The molecule has 2 atom stereocenters. The van der Waals surface area contributed by atoms with E-state index in [9.17, 15) is 4.79 Å². The smallest absolute Gasteiger partial charge is 0.241 e. The van der Waals surface area contributed by atoms with E-state index in [1.54, 1.807) is 23.3 Å². The number of ether oxygens (including phenoxy) is 1. The van der Waals surface area contributed by atoms with Gasteiger partial charge in [0.2, 0.25) is 5.91 Å². The third-order valence-corrected chi connectivity index (χ3v) is 5.25. The van der Waals surface area contributed by atoms with Crippen LogP contribution in [0.3, 0.4) is 0 Å². The van der Waals surface area contributed by atoms with E-state index in [2.05, 4.69) is 29.9 Å². The number of thiophene rings is 1. The maximum absolute atomic E-state index is 12.7. The Morgan fingerprint density at radius 2 is 2.17 bits per heavy atom. The van der Waals surface area contributed by atoms with Crippen LogP contribution < -0.4 is 15.6 Å². The van der Waals surface area contributed by atoms with Gasteiger partial charge in [-0.3, -0.25) is 4.79 Å². The zero-order valence-corrected chi connectivity index (χ0v) is 15.0. The lowest BCUT2D eigenvalue weighted by atomic mass is 10.0. The minimum absolute atomic E-state index is 0.103. The summed E-state index contributed by atoms with van der Waals surface area (Å²) in [6.45, 7) is 2.73. The largest absolute Gasteiger partial charge is 0.497 e. The summed E-state index contributed by atoms with van der Waals surface area (Å²) in [4.78, 5) is 16.9. The first-order valence-electron chi connectivity index (χ1n) is 8.02. The second-order valence-electron chi connectivity index (χ2n) is 6.11. The molecule has 0 saturated carbocycles. The summed E-state index contributed by atoms with van der Waals surface area (Å²) < 4.78 is 5.27. The van der Waals surface area contributed by atoms with Gasteiger partial charge in [0.25, 0.3) is 0 Å². The zero-order valence-electron chi connectivity index (χ0n) is 14.2. The van der Waals surface area contributed by atoms with Crippen LogP contribution in [0.25, 0.3) is 0 Å². The van der Waals surface area contributed by atoms with Gasteiger partial charge in [-0.05, 0) is 43.2 Å². The molecule has 0 radical (unpaired) electrons. The van der Waals surface area contributed by atoms with Gasteiger partial charge in [-0.1, -0.05) is 12.1 Å². The molecule has 2 N–H and O–H groups in total. The van der Waals surface area contributed by atoms with Crippen molar-refractivity contribution in [3.05, 3.63) is 51.7 Å². The molecule has 1 aromatic carbocycles. The molecule has 1 aromatic heterocycles. The molecule has 1 saturated heterocycles. The summed E-state index contributed by atoms with van der Waals surface area (Å²) in [5, 5.41) is 0. The van der Waals surface area contributed by atoms with E-state index in [1.807, 2.05) is 31.3 Å². The SMILES string of the molecule is COc1cccc(C2CC(C(=O)N(C)Cc3ccc(C)s3)NN2)c1. The van der Waals surface area contributed by atoms with Gasteiger partial charge in [0.1, 0.15) is 11.8 Å². The Morgan fingerprint density at radius 1 is 1.33 bits per heavy atom. The molecule has 0 aliphatic carbocycles. The van der Waals surface area contributed by atoms with Crippen LogP contribution in [-0.2, 0) is 11.3 Å². The van der Waals surface area contributed by atoms with Gasteiger partial charge < -0.3 is 9.64 Å². The van der Waals surface area contributed by atoms with Crippen LogP contribution in [0.2, 0.25) is 0 Å². The van der Waals surface area contributed by atoms with Crippen LogP contribution in [-0.4, -0.2) is 31.0 Å². The lowest BCUT2D eigenvalue weighted by molar-refractivity contribution is -0.132. The predicted molar refractivity (Wildman–Crippen MR) is 95.9 cm³/mol. The van der Waals surface area contributed by atoms with Gasteiger partial charge in [-0.25, -0.2) is 10.9 Å². The van der Waals surface area contributed by atoms with Crippen LogP contribution in [0.5, 0.6) is 5.75 Å². The number of benzene rings is 1. The van der Waals surface area contributed by atoms with Gasteiger partial charge in [-0.15, -0.1) is 11.3 Å². The van der Waals surface area contributed by atoms with Crippen molar-refractivity contribution in [1.82, 2.24) is 15.8 Å². The van der Waals surface area contributed by atoms with Crippen LogP contribution in [0.1, 0.15) is 27.8 Å².